The van der Waals surface area contributed by atoms with E-state index in [1.165, 1.54) is 6.08 Å². The fraction of sp³-hybridized carbons (Fsp3) is 0.368. The Morgan fingerprint density at radius 3 is 2.72 bits per heavy atom. The number of amides is 1. The number of rotatable bonds is 5. The molecule has 1 aromatic carbocycles. The molecule has 25 heavy (non-hydrogen) atoms. The van der Waals surface area contributed by atoms with Gasteiger partial charge in [0, 0.05) is 18.2 Å². The van der Waals surface area contributed by atoms with Gasteiger partial charge in [0.05, 0.1) is 11.6 Å². The number of benzene rings is 1. The highest BCUT2D eigenvalue weighted by molar-refractivity contribution is 5.99. The number of fused-ring (bicyclic) bond motifs is 1. The van der Waals surface area contributed by atoms with Gasteiger partial charge in [-0.25, -0.2) is 0 Å². The molecule has 0 aromatic heterocycles. The lowest BCUT2D eigenvalue weighted by atomic mass is 9.96. The number of carbonyl (C=O) groups is 1. The van der Waals surface area contributed by atoms with Crippen LogP contribution < -0.4 is 11.1 Å². The molecule has 5 N–H and O–H groups in total. The van der Waals surface area contributed by atoms with Gasteiger partial charge in [0.25, 0.3) is 5.91 Å². The monoisotopic (exact) mass is 343 g/mol. The number of hydrogen-bond acceptors (Lipinski definition) is 4. The summed E-state index contributed by atoms with van der Waals surface area (Å²) >= 11 is 0. The summed E-state index contributed by atoms with van der Waals surface area (Å²) in [5, 5.41) is 22.3. The average molecular weight is 343 g/mol. The number of amidine groups is 1. The van der Waals surface area contributed by atoms with Crippen molar-refractivity contribution in [2.24, 2.45) is 10.7 Å². The van der Waals surface area contributed by atoms with E-state index in [2.05, 4.69) is 16.9 Å². The zero-order valence-corrected chi connectivity index (χ0v) is 14.8. The van der Waals surface area contributed by atoms with Gasteiger partial charge in [-0.3, -0.25) is 9.79 Å². The van der Waals surface area contributed by atoms with Gasteiger partial charge in [-0.2, -0.15) is 0 Å². The van der Waals surface area contributed by atoms with Gasteiger partial charge in [-0.15, -0.1) is 0 Å². The maximum atomic E-state index is 11.9. The molecular weight excluding hydrogens is 318 g/mol. The smallest absolute Gasteiger partial charge is 0.251 e. The zero-order chi connectivity index (χ0) is 18.8. The molecule has 6 nitrogen and oxygen atoms in total. The van der Waals surface area contributed by atoms with Crippen LogP contribution in [0.2, 0.25) is 0 Å². The molecule has 6 heteroatoms. The predicted molar refractivity (Wildman–Crippen MR) is 98.7 cm³/mol. The SMILES string of the molecule is C=C(O)/C=C(/C(N)=NC1CCc2ccc(C(=O)NC)cc21)C(C)(C)O. The Hall–Kier alpha value is -2.60. The highest BCUT2D eigenvalue weighted by atomic mass is 16.3. The molecular formula is C19H25N3O3. The van der Waals surface area contributed by atoms with E-state index in [9.17, 15) is 15.0 Å². The van der Waals surface area contributed by atoms with Crippen molar-refractivity contribution in [3.63, 3.8) is 0 Å². The van der Waals surface area contributed by atoms with Crippen LogP contribution in [0.15, 0.2) is 47.2 Å². The van der Waals surface area contributed by atoms with Crippen molar-refractivity contribution >= 4 is 11.7 Å². The topological polar surface area (TPSA) is 108 Å². The number of aliphatic imine (C=N–C) groups is 1. The van der Waals surface area contributed by atoms with Crippen molar-refractivity contribution in [1.29, 1.82) is 0 Å². The zero-order valence-electron chi connectivity index (χ0n) is 14.8. The Morgan fingerprint density at radius 1 is 1.48 bits per heavy atom. The third kappa shape index (κ3) is 4.28. The first-order valence-corrected chi connectivity index (χ1v) is 8.14. The number of nitrogens with two attached hydrogens (primary N) is 1. The second-order valence-corrected chi connectivity index (χ2v) is 6.67. The van der Waals surface area contributed by atoms with E-state index in [0.29, 0.717) is 11.1 Å². The summed E-state index contributed by atoms with van der Waals surface area (Å²) < 4.78 is 0. The summed E-state index contributed by atoms with van der Waals surface area (Å²) in [6.07, 6.45) is 2.93. The number of nitrogens with one attached hydrogen (secondary N) is 1. The molecule has 0 spiro atoms. The molecule has 0 bridgehead atoms. The maximum Gasteiger partial charge on any atom is 0.251 e. The van der Waals surface area contributed by atoms with Crippen LogP contribution in [0, 0.1) is 0 Å². The first kappa shape index (κ1) is 18.7. The van der Waals surface area contributed by atoms with Gasteiger partial charge in [0.2, 0.25) is 0 Å². The summed E-state index contributed by atoms with van der Waals surface area (Å²) in [4.78, 5) is 16.4. The Morgan fingerprint density at radius 2 is 2.16 bits per heavy atom. The number of aliphatic hydroxyl groups excluding tert-OH is 1. The lowest BCUT2D eigenvalue weighted by Crippen LogP contribution is -2.32. The standard InChI is InChI=1S/C19H25N3O3/c1-11(23)9-15(19(2,3)25)17(20)22-16-8-7-12-5-6-13(10-14(12)16)18(24)21-4/h5-6,9-10,16,23,25H,1,7-8H2,2-4H3,(H2,20,22)(H,21,24)/b15-9-. The molecule has 1 aliphatic carbocycles. The number of nitrogens with zero attached hydrogens (tertiary/aromatic N) is 1. The quantitative estimate of drug-likeness (QED) is 0.284. The molecule has 0 heterocycles. The summed E-state index contributed by atoms with van der Waals surface area (Å²) in [6.45, 7) is 6.54. The van der Waals surface area contributed by atoms with Crippen LogP contribution in [0.3, 0.4) is 0 Å². The van der Waals surface area contributed by atoms with Gasteiger partial charge in [0.15, 0.2) is 0 Å². The second-order valence-electron chi connectivity index (χ2n) is 6.67. The van der Waals surface area contributed by atoms with Gasteiger partial charge in [0.1, 0.15) is 11.6 Å². The highest BCUT2D eigenvalue weighted by Gasteiger charge is 2.27. The molecule has 1 aliphatic rings. The van der Waals surface area contributed by atoms with Gasteiger partial charge < -0.3 is 21.3 Å². The molecule has 0 saturated carbocycles. The third-order valence-corrected chi connectivity index (χ3v) is 4.22. The van der Waals surface area contributed by atoms with Crippen molar-refractivity contribution in [2.45, 2.75) is 38.3 Å². The van der Waals surface area contributed by atoms with Gasteiger partial charge in [-0.05, 0) is 56.0 Å². The first-order chi connectivity index (χ1) is 11.6. The number of allylic oxidation sites excluding steroid dienone is 1. The number of hydrogen-bond donors (Lipinski definition) is 4. The van der Waals surface area contributed by atoms with Gasteiger partial charge in [-0.1, -0.05) is 12.6 Å². The van der Waals surface area contributed by atoms with Crippen LogP contribution in [-0.4, -0.2) is 34.6 Å². The fourth-order valence-corrected chi connectivity index (χ4v) is 2.97. The summed E-state index contributed by atoms with van der Waals surface area (Å²) in [5.74, 6) is -0.214. The van der Waals surface area contributed by atoms with Crippen molar-refractivity contribution < 1.29 is 15.0 Å². The molecule has 2 rings (SSSR count). The average Bonchev–Trinajstić information content (AvgIpc) is 2.92. The summed E-state index contributed by atoms with van der Waals surface area (Å²) in [7, 11) is 1.59. The molecule has 1 unspecified atom stereocenters. The normalized spacial score (nSPS) is 18.0. The molecule has 0 radical (unpaired) electrons. The van der Waals surface area contributed by atoms with E-state index < -0.39 is 5.60 Å². The van der Waals surface area contributed by atoms with Gasteiger partial charge >= 0.3 is 0 Å². The second kappa shape index (κ2) is 7.11. The molecule has 0 aliphatic heterocycles. The number of aliphatic hydroxyl groups is 2. The van der Waals surface area contributed by atoms with Crippen LogP contribution in [0.4, 0.5) is 0 Å². The highest BCUT2D eigenvalue weighted by Crippen LogP contribution is 2.35. The minimum Gasteiger partial charge on any atom is -0.509 e. The summed E-state index contributed by atoms with van der Waals surface area (Å²) in [6, 6.07) is 5.37. The van der Waals surface area contributed by atoms with Crippen molar-refractivity contribution in [2.75, 3.05) is 7.05 Å². The van der Waals surface area contributed by atoms with E-state index in [4.69, 9.17) is 5.73 Å². The fourth-order valence-electron chi connectivity index (χ4n) is 2.97. The lowest BCUT2D eigenvalue weighted by molar-refractivity contribution is 0.0963. The minimum atomic E-state index is -1.27. The van der Waals surface area contributed by atoms with E-state index in [0.717, 1.165) is 24.0 Å². The summed E-state index contributed by atoms with van der Waals surface area (Å²) in [5.41, 5.74) is 7.80. The largest absolute Gasteiger partial charge is 0.509 e. The first-order valence-electron chi connectivity index (χ1n) is 8.14. The number of aryl methyl sites for hydroxylation is 1. The van der Waals surface area contributed by atoms with E-state index in [-0.39, 0.29) is 23.5 Å². The van der Waals surface area contributed by atoms with Crippen molar-refractivity contribution in [3.8, 4) is 0 Å². The molecule has 1 amide bonds. The van der Waals surface area contributed by atoms with Crippen LogP contribution >= 0.6 is 0 Å². The lowest BCUT2D eigenvalue weighted by Gasteiger charge is -2.22. The predicted octanol–water partition coefficient (Wildman–Crippen LogP) is 2.16. The molecule has 1 atom stereocenters. The van der Waals surface area contributed by atoms with E-state index in [1.807, 2.05) is 12.1 Å². The number of carbonyl (C=O) groups excluding carboxylic acids is 1. The third-order valence-electron chi connectivity index (χ3n) is 4.22. The van der Waals surface area contributed by atoms with E-state index >= 15 is 0 Å². The molecule has 0 saturated heterocycles. The Balaban J connectivity index is 2.40. The Kier molecular flexibility index (Phi) is 5.33. The van der Waals surface area contributed by atoms with Crippen LogP contribution in [-0.2, 0) is 6.42 Å². The molecule has 1 aromatic rings. The van der Waals surface area contributed by atoms with Crippen LogP contribution in [0.25, 0.3) is 0 Å². The van der Waals surface area contributed by atoms with Crippen LogP contribution in [0.1, 0.15) is 47.8 Å². The minimum absolute atomic E-state index is 0.144. The maximum absolute atomic E-state index is 11.9. The van der Waals surface area contributed by atoms with Crippen molar-refractivity contribution in [3.05, 3.63) is 58.9 Å². The van der Waals surface area contributed by atoms with Crippen molar-refractivity contribution in [1.82, 2.24) is 5.32 Å². The Labute approximate surface area is 147 Å². The van der Waals surface area contributed by atoms with E-state index in [1.54, 1.807) is 27.0 Å². The molecule has 134 valence electrons. The molecule has 0 fully saturated rings. The Bertz CT molecular complexity index is 758. The van der Waals surface area contributed by atoms with Crippen LogP contribution in [0.5, 0.6) is 0 Å².